The van der Waals surface area contributed by atoms with E-state index in [1.807, 2.05) is 0 Å². The molecular formula is C13H12BrF2N3O. The van der Waals surface area contributed by atoms with Crippen LogP contribution in [0.3, 0.4) is 0 Å². The Morgan fingerprint density at radius 2 is 2.20 bits per heavy atom. The molecule has 1 aromatic heterocycles. The summed E-state index contributed by atoms with van der Waals surface area (Å²) in [7, 11) is 0. The Hall–Kier alpha value is -1.34. The van der Waals surface area contributed by atoms with E-state index in [4.69, 9.17) is 4.52 Å². The van der Waals surface area contributed by atoms with Crippen molar-refractivity contribution in [2.75, 3.05) is 13.1 Å². The molecule has 0 bridgehead atoms. The van der Waals surface area contributed by atoms with Crippen molar-refractivity contribution in [3.63, 3.8) is 0 Å². The number of benzene rings is 1. The van der Waals surface area contributed by atoms with Gasteiger partial charge in [-0.05, 0) is 47.4 Å². The Balaban J connectivity index is 1.92. The van der Waals surface area contributed by atoms with Crippen LogP contribution in [0.1, 0.15) is 24.7 Å². The molecule has 1 N–H and O–H groups in total. The Bertz CT molecular complexity index is 626. The molecule has 0 spiro atoms. The van der Waals surface area contributed by atoms with Gasteiger partial charge in [-0.3, -0.25) is 0 Å². The number of halogens is 3. The molecule has 1 aliphatic heterocycles. The van der Waals surface area contributed by atoms with Crippen LogP contribution < -0.4 is 5.32 Å². The second kappa shape index (κ2) is 5.57. The van der Waals surface area contributed by atoms with E-state index in [-0.39, 0.29) is 16.2 Å². The summed E-state index contributed by atoms with van der Waals surface area (Å²) in [6.45, 7) is 1.78. The molecule has 2 heterocycles. The lowest BCUT2D eigenvalue weighted by Gasteiger charge is -2.18. The van der Waals surface area contributed by atoms with Crippen molar-refractivity contribution < 1.29 is 13.3 Å². The highest BCUT2D eigenvalue weighted by atomic mass is 79.9. The zero-order valence-electron chi connectivity index (χ0n) is 10.5. The lowest BCUT2D eigenvalue weighted by molar-refractivity contribution is 0.322. The van der Waals surface area contributed by atoms with Crippen LogP contribution in [0, 0.1) is 11.6 Å². The van der Waals surface area contributed by atoms with Gasteiger partial charge in [0.15, 0.2) is 11.6 Å². The van der Waals surface area contributed by atoms with Gasteiger partial charge in [-0.25, -0.2) is 8.78 Å². The molecule has 106 valence electrons. The second-order valence-electron chi connectivity index (χ2n) is 4.72. The minimum atomic E-state index is -0.951. The monoisotopic (exact) mass is 343 g/mol. The molecule has 1 aromatic carbocycles. The molecule has 2 aromatic rings. The fraction of sp³-hybridized carbons (Fsp3) is 0.385. The summed E-state index contributed by atoms with van der Waals surface area (Å²) < 4.78 is 31.9. The molecule has 1 aliphatic rings. The first-order valence-electron chi connectivity index (χ1n) is 6.35. The van der Waals surface area contributed by atoms with Gasteiger partial charge in [0.05, 0.1) is 10.4 Å². The summed E-state index contributed by atoms with van der Waals surface area (Å²) in [6.07, 6.45) is 2.03. The summed E-state index contributed by atoms with van der Waals surface area (Å²) in [5.74, 6) is -0.900. The maximum absolute atomic E-state index is 13.5. The minimum Gasteiger partial charge on any atom is -0.339 e. The first kappa shape index (κ1) is 13.6. The van der Waals surface area contributed by atoms with E-state index in [1.54, 1.807) is 0 Å². The molecular weight excluding hydrogens is 332 g/mol. The fourth-order valence-electron chi connectivity index (χ4n) is 2.27. The lowest BCUT2D eigenvalue weighted by atomic mass is 10.00. The Labute approximate surface area is 122 Å². The predicted molar refractivity (Wildman–Crippen MR) is 72.2 cm³/mol. The molecule has 1 atom stereocenters. The summed E-state index contributed by atoms with van der Waals surface area (Å²) >= 11 is 3.02. The van der Waals surface area contributed by atoms with E-state index in [1.165, 1.54) is 6.07 Å². The molecule has 7 heteroatoms. The highest BCUT2D eigenvalue weighted by molar-refractivity contribution is 9.10. The van der Waals surface area contributed by atoms with Crippen LogP contribution in [0.25, 0.3) is 11.4 Å². The average Bonchev–Trinajstić information content (AvgIpc) is 2.95. The number of piperidine rings is 1. The number of nitrogens with zero attached hydrogens (tertiary/aromatic N) is 2. The topological polar surface area (TPSA) is 51.0 Å². The molecule has 0 amide bonds. The molecule has 0 aliphatic carbocycles. The number of hydrogen-bond donors (Lipinski definition) is 1. The number of hydrogen-bond acceptors (Lipinski definition) is 4. The van der Waals surface area contributed by atoms with Gasteiger partial charge in [-0.1, -0.05) is 5.16 Å². The standard InChI is InChI=1S/C13H12BrF2N3O/c14-10-8(3-4-9(15)11(10)16)12-18-13(20-19-12)7-2-1-5-17-6-7/h3-4,7,17H,1-2,5-6H2/t7-/m0/s1. The maximum Gasteiger partial charge on any atom is 0.231 e. The lowest BCUT2D eigenvalue weighted by Crippen LogP contribution is -2.28. The molecule has 20 heavy (non-hydrogen) atoms. The molecule has 3 rings (SSSR count). The normalized spacial score (nSPS) is 19.2. The van der Waals surface area contributed by atoms with Crippen molar-refractivity contribution in [3.05, 3.63) is 34.1 Å². The van der Waals surface area contributed by atoms with Crippen LogP contribution >= 0.6 is 15.9 Å². The molecule has 4 nitrogen and oxygen atoms in total. The number of nitrogens with one attached hydrogen (secondary N) is 1. The Morgan fingerprint density at radius 3 is 2.95 bits per heavy atom. The largest absolute Gasteiger partial charge is 0.339 e. The third kappa shape index (κ3) is 2.47. The summed E-state index contributed by atoms with van der Waals surface area (Å²) in [5, 5.41) is 7.12. The van der Waals surface area contributed by atoms with Crippen LogP contribution in [-0.2, 0) is 0 Å². The Kier molecular flexibility index (Phi) is 3.80. The van der Waals surface area contributed by atoms with Crippen LogP contribution in [0.5, 0.6) is 0 Å². The van der Waals surface area contributed by atoms with E-state index >= 15 is 0 Å². The van der Waals surface area contributed by atoms with E-state index in [2.05, 4.69) is 31.4 Å². The minimum absolute atomic E-state index is 0.00613. The van der Waals surface area contributed by atoms with Crippen LogP contribution in [0.4, 0.5) is 8.78 Å². The molecule has 0 unspecified atom stereocenters. The fourth-order valence-corrected chi connectivity index (χ4v) is 2.77. The van der Waals surface area contributed by atoms with E-state index in [0.717, 1.165) is 32.0 Å². The van der Waals surface area contributed by atoms with Crippen molar-refractivity contribution in [2.24, 2.45) is 0 Å². The molecule has 1 saturated heterocycles. The number of aromatic nitrogens is 2. The average molecular weight is 344 g/mol. The Morgan fingerprint density at radius 1 is 1.35 bits per heavy atom. The smallest absolute Gasteiger partial charge is 0.231 e. The zero-order chi connectivity index (χ0) is 14.1. The van der Waals surface area contributed by atoms with Crippen molar-refractivity contribution >= 4 is 15.9 Å². The first-order chi connectivity index (χ1) is 9.66. The van der Waals surface area contributed by atoms with Gasteiger partial charge in [0.2, 0.25) is 11.7 Å². The number of rotatable bonds is 2. The van der Waals surface area contributed by atoms with Gasteiger partial charge in [0, 0.05) is 12.1 Å². The van der Waals surface area contributed by atoms with Gasteiger partial charge in [0.1, 0.15) is 0 Å². The van der Waals surface area contributed by atoms with Crippen molar-refractivity contribution in [3.8, 4) is 11.4 Å². The molecule has 0 radical (unpaired) electrons. The predicted octanol–water partition coefficient (Wildman–Crippen LogP) is 3.24. The second-order valence-corrected chi connectivity index (χ2v) is 5.52. The van der Waals surface area contributed by atoms with Gasteiger partial charge in [-0.15, -0.1) is 0 Å². The maximum atomic E-state index is 13.5. The van der Waals surface area contributed by atoms with Crippen LogP contribution in [0.2, 0.25) is 0 Å². The highest BCUT2D eigenvalue weighted by Gasteiger charge is 2.23. The third-order valence-corrected chi connectivity index (χ3v) is 4.14. The van der Waals surface area contributed by atoms with E-state index in [9.17, 15) is 8.78 Å². The van der Waals surface area contributed by atoms with E-state index < -0.39 is 11.6 Å². The highest BCUT2D eigenvalue weighted by Crippen LogP contribution is 2.31. The third-order valence-electron chi connectivity index (χ3n) is 3.36. The van der Waals surface area contributed by atoms with Gasteiger partial charge < -0.3 is 9.84 Å². The summed E-state index contributed by atoms with van der Waals surface area (Å²) in [6, 6.07) is 2.48. The van der Waals surface area contributed by atoms with Crippen molar-refractivity contribution in [2.45, 2.75) is 18.8 Å². The summed E-state index contributed by atoms with van der Waals surface area (Å²) in [5.41, 5.74) is 0.377. The van der Waals surface area contributed by atoms with Gasteiger partial charge >= 0.3 is 0 Å². The van der Waals surface area contributed by atoms with Crippen molar-refractivity contribution in [1.82, 2.24) is 15.5 Å². The SMILES string of the molecule is Fc1ccc(-c2noc([C@H]3CCCNC3)n2)c(Br)c1F. The van der Waals surface area contributed by atoms with Gasteiger partial charge in [0.25, 0.3) is 0 Å². The first-order valence-corrected chi connectivity index (χ1v) is 7.14. The van der Waals surface area contributed by atoms with Crippen LogP contribution in [0.15, 0.2) is 21.1 Å². The van der Waals surface area contributed by atoms with Crippen LogP contribution in [-0.4, -0.2) is 23.2 Å². The van der Waals surface area contributed by atoms with E-state index in [0.29, 0.717) is 11.5 Å². The van der Waals surface area contributed by atoms with Crippen molar-refractivity contribution in [1.29, 1.82) is 0 Å². The molecule has 1 fully saturated rings. The van der Waals surface area contributed by atoms with Gasteiger partial charge in [-0.2, -0.15) is 4.98 Å². The zero-order valence-corrected chi connectivity index (χ0v) is 12.1. The summed E-state index contributed by atoms with van der Waals surface area (Å²) in [4.78, 5) is 4.30. The quantitative estimate of drug-likeness (QED) is 0.850. The molecule has 0 saturated carbocycles.